The number of rotatable bonds is 10. The van der Waals surface area contributed by atoms with Crippen molar-refractivity contribution in [2.75, 3.05) is 14.1 Å². The lowest BCUT2D eigenvalue weighted by Gasteiger charge is -2.22. The molecule has 0 N–H and O–H groups in total. The number of ketones is 1. The third-order valence-corrected chi connectivity index (χ3v) is 2.71. The van der Waals surface area contributed by atoms with E-state index in [0.717, 1.165) is 32.1 Å². The normalized spacial score (nSPS) is 12.4. The highest BCUT2D eigenvalue weighted by atomic mass is 16.1. The smallest absolute Gasteiger partial charge is 0.149 e. The van der Waals surface area contributed by atoms with Crippen molar-refractivity contribution in [3.05, 3.63) is 25.3 Å². The van der Waals surface area contributed by atoms with Crippen LogP contribution in [0.2, 0.25) is 0 Å². The van der Waals surface area contributed by atoms with Crippen LogP contribution in [0.25, 0.3) is 0 Å². The molecule has 0 bridgehead atoms. The van der Waals surface area contributed by atoms with Crippen molar-refractivity contribution in [1.82, 2.24) is 4.90 Å². The van der Waals surface area contributed by atoms with E-state index in [4.69, 9.17) is 0 Å². The molecule has 1 atom stereocenters. The van der Waals surface area contributed by atoms with Crippen LogP contribution in [-0.4, -0.2) is 30.8 Å². The quantitative estimate of drug-likeness (QED) is 0.419. The summed E-state index contributed by atoms with van der Waals surface area (Å²) in [6.45, 7) is 7.36. The van der Waals surface area contributed by atoms with Gasteiger partial charge in [-0.2, -0.15) is 0 Å². The molecular formula is C14H25NO. The first-order valence-corrected chi connectivity index (χ1v) is 6.04. The minimum absolute atomic E-state index is 0.0739. The van der Waals surface area contributed by atoms with E-state index in [0.29, 0.717) is 12.2 Å². The Kier molecular flexibility index (Phi) is 8.82. The third-order valence-electron chi connectivity index (χ3n) is 2.71. The number of hydrogen-bond donors (Lipinski definition) is 0. The van der Waals surface area contributed by atoms with Gasteiger partial charge in [-0.25, -0.2) is 0 Å². The number of carbonyl (C=O) groups excluding carboxylic acids is 1. The molecule has 0 saturated carbocycles. The summed E-state index contributed by atoms with van der Waals surface area (Å²) in [5.74, 6) is 0.357. The van der Waals surface area contributed by atoms with Crippen molar-refractivity contribution in [1.29, 1.82) is 0 Å². The van der Waals surface area contributed by atoms with Gasteiger partial charge in [0.2, 0.25) is 0 Å². The Balaban J connectivity index is 4.02. The molecule has 0 aromatic heterocycles. The summed E-state index contributed by atoms with van der Waals surface area (Å²) in [4.78, 5) is 14.0. The van der Waals surface area contributed by atoms with Crippen molar-refractivity contribution < 1.29 is 4.79 Å². The van der Waals surface area contributed by atoms with Gasteiger partial charge in [0.1, 0.15) is 5.78 Å². The van der Waals surface area contributed by atoms with Crippen molar-refractivity contribution >= 4 is 5.78 Å². The molecule has 0 rings (SSSR count). The standard InChI is InChI=1S/C14H25NO/c1-5-7-9-11-13(15(3)4)14(16)12-10-8-6-2/h5-6,13H,1-2,7-12H2,3-4H3. The largest absolute Gasteiger partial charge is 0.300 e. The summed E-state index contributed by atoms with van der Waals surface area (Å²) >= 11 is 0. The Morgan fingerprint density at radius 2 is 1.75 bits per heavy atom. The van der Waals surface area contributed by atoms with Gasteiger partial charge < -0.3 is 0 Å². The molecule has 0 aliphatic carbocycles. The number of carbonyl (C=O) groups is 1. The second-order valence-corrected chi connectivity index (χ2v) is 4.35. The van der Waals surface area contributed by atoms with Crippen LogP contribution in [0.5, 0.6) is 0 Å². The number of hydrogen-bond acceptors (Lipinski definition) is 2. The SMILES string of the molecule is C=CCCCC(=O)C(CCCC=C)N(C)C. The predicted octanol–water partition coefficient (Wildman–Crippen LogP) is 3.20. The number of unbranched alkanes of at least 4 members (excludes halogenated alkanes) is 2. The Bertz CT molecular complexity index is 221. The van der Waals surface area contributed by atoms with Gasteiger partial charge in [0.15, 0.2) is 0 Å². The maximum absolute atomic E-state index is 12.0. The lowest BCUT2D eigenvalue weighted by atomic mass is 10.00. The van der Waals surface area contributed by atoms with Gasteiger partial charge in [-0.1, -0.05) is 12.2 Å². The van der Waals surface area contributed by atoms with Crippen LogP contribution in [0, 0.1) is 0 Å². The summed E-state index contributed by atoms with van der Waals surface area (Å²) in [5.41, 5.74) is 0. The Morgan fingerprint density at radius 1 is 1.19 bits per heavy atom. The summed E-state index contributed by atoms with van der Waals surface area (Å²) in [5, 5.41) is 0. The first-order valence-electron chi connectivity index (χ1n) is 6.04. The molecule has 92 valence electrons. The van der Waals surface area contributed by atoms with Gasteiger partial charge >= 0.3 is 0 Å². The summed E-state index contributed by atoms with van der Waals surface area (Å²) in [7, 11) is 3.95. The molecule has 0 aromatic rings. The van der Waals surface area contributed by atoms with Crippen LogP contribution in [-0.2, 0) is 4.79 Å². The predicted molar refractivity (Wildman–Crippen MR) is 70.6 cm³/mol. The van der Waals surface area contributed by atoms with Gasteiger partial charge in [-0.05, 0) is 46.2 Å². The second kappa shape index (κ2) is 9.34. The second-order valence-electron chi connectivity index (χ2n) is 4.35. The molecule has 0 spiro atoms. The van der Waals surface area contributed by atoms with E-state index in [1.54, 1.807) is 0 Å². The van der Waals surface area contributed by atoms with Gasteiger partial charge in [0.25, 0.3) is 0 Å². The fourth-order valence-electron chi connectivity index (χ4n) is 1.75. The molecule has 0 aromatic carbocycles. The van der Waals surface area contributed by atoms with Crippen LogP contribution in [0.3, 0.4) is 0 Å². The number of allylic oxidation sites excluding steroid dienone is 2. The van der Waals surface area contributed by atoms with Crippen molar-refractivity contribution in [3.8, 4) is 0 Å². The number of likely N-dealkylation sites (N-methyl/N-ethyl adjacent to an activating group) is 1. The zero-order valence-corrected chi connectivity index (χ0v) is 10.7. The number of nitrogens with zero attached hydrogens (tertiary/aromatic N) is 1. The molecule has 0 aliphatic heterocycles. The molecule has 1 unspecified atom stereocenters. The van der Waals surface area contributed by atoms with Crippen LogP contribution in [0.15, 0.2) is 25.3 Å². The minimum Gasteiger partial charge on any atom is -0.300 e. The van der Waals surface area contributed by atoms with Gasteiger partial charge in [0.05, 0.1) is 6.04 Å². The van der Waals surface area contributed by atoms with Crippen molar-refractivity contribution in [3.63, 3.8) is 0 Å². The first-order chi connectivity index (χ1) is 7.63. The van der Waals surface area contributed by atoms with Crippen LogP contribution < -0.4 is 0 Å². The van der Waals surface area contributed by atoms with Gasteiger partial charge in [-0.3, -0.25) is 9.69 Å². The van der Waals surface area contributed by atoms with Crippen molar-refractivity contribution in [2.45, 2.75) is 44.6 Å². The Morgan fingerprint density at radius 3 is 2.25 bits per heavy atom. The lowest BCUT2D eigenvalue weighted by molar-refractivity contribution is -0.123. The average Bonchev–Trinajstić information content (AvgIpc) is 2.24. The molecule has 0 fully saturated rings. The van der Waals surface area contributed by atoms with E-state index < -0.39 is 0 Å². The Labute approximate surface area is 100 Å². The molecule has 0 heterocycles. The van der Waals surface area contributed by atoms with E-state index in [9.17, 15) is 4.79 Å². The van der Waals surface area contributed by atoms with Gasteiger partial charge in [-0.15, -0.1) is 13.2 Å². The maximum atomic E-state index is 12.0. The van der Waals surface area contributed by atoms with Gasteiger partial charge in [0, 0.05) is 6.42 Å². The molecule has 0 radical (unpaired) electrons. The summed E-state index contributed by atoms with van der Waals surface area (Å²) in [6, 6.07) is 0.0739. The van der Waals surface area contributed by atoms with E-state index in [2.05, 4.69) is 13.2 Å². The van der Waals surface area contributed by atoms with Crippen LogP contribution >= 0.6 is 0 Å². The fourth-order valence-corrected chi connectivity index (χ4v) is 1.75. The molecular weight excluding hydrogens is 198 g/mol. The Hall–Kier alpha value is -0.890. The molecule has 2 nitrogen and oxygen atoms in total. The lowest BCUT2D eigenvalue weighted by Crippen LogP contribution is -2.35. The van der Waals surface area contributed by atoms with E-state index in [-0.39, 0.29) is 6.04 Å². The summed E-state index contributed by atoms with van der Waals surface area (Å²) in [6.07, 6.45) is 9.27. The van der Waals surface area contributed by atoms with E-state index in [1.165, 1.54) is 0 Å². The third kappa shape index (κ3) is 6.57. The molecule has 0 saturated heterocycles. The summed E-state index contributed by atoms with van der Waals surface area (Å²) < 4.78 is 0. The van der Waals surface area contributed by atoms with E-state index >= 15 is 0 Å². The molecule has 2 heteroatoms. The molecule has 0 aliphatic rings. The zero-order chi connectivity index (χ0) is 12.4. The maximum Gasteiger partial charge on any atom is 0.149 e. The number of Topliss-reactive ketones (excluding diaryl/α,β-unsaturated/α-hetero) is 1. The van der Waals surface area contributed by atoms with Crippen LogP contribution in [0.4, 0.5) is 0 Å². The molecule has 0 amide bonds. The van der Waals surface area contributed by atoms with Crippen LogP contribution in [0.1, 0.15) is 38.5 Å². The first kappa shape index (κ1) is 15.1. The monoisotopic (exact) mass is 223 g/mol. The highest BCUT2D eigenvalue weighted by Crippen LogP contribution is 2.11. The zero-order valence-electron chi connectivity index (χ0n) is 10.7. The van der Waals surface area contributed by atoms with Crippen molar-refractivity contribution in [2.24, 2.45) is 0 Å². The van der Waals surface area contributed by atoms with E-state index in [1.807, 2.05) is 31.1 Å². The minimum atomic E-state index is 0.0739. The molecule has 16 heavy (non-hydrogen) atoms. The fraction of sp³-hybridized carbons (Fsp3) is 0.643. The topological polar surface area (TPSA) is 20.3 Å². The average molecular weight is 223 g/mol. The highest BCUT2D eigenvalue weighted by Gasteiger charge is 2.18. The highest BCUT2D eigenvalue weighted by molar-refractivity contribution is 5.83.